The molecule has 0 heterocycles. The molecule has 0 atom stereocenters. The zero-order chi connectivity index (χ0) is 18.6. The fourth-order valence-electron chi connectivity index (χ4n) is 3.08. The second kappa shape index (κ2) is 18.8. The van der Waals surface area contributed by atoms with Gasteiger partial charge in [0.05, 0.1) is 0 Å². The standard InChI is InChI=1S/C20H44O4Si/c1-3-5-6-7-8-9-10-11-12-13-14-15-16-17-18-19-20-24-25(21,22)23-4-2/h21-22H,3-20H2,1-2H3. The van der Waals surface area contributed by atoms with E-state index in [1.807, 2.05) is 0 Å². The summed E-state index contributed by atoms with van der Waals surface area (Å²) in [5, 5.41) is 0. The van der Waals surface area contributed by atoms with E-state index < -0.39 is 9.05 Å². The van der Waals surface area contributed by atoms with E-state index in [-0.39, 0.29) is 6.61 Å². The monoisotopic (exact) mass is 376 g/mol. The molecule has 4 nitrogen and oxygen atoms in total. The van der Waals surface area contributed by atoms with E-state index in [9.17, 15) is 9.59 Å². The van der Waals surface area contributed by atoms with Crippen LogP contribution in [0.3, 0.4) is 0 Å². The van der Waals surface area contributed by atoms with Gasteiger partial charge in [0, 0.05) is 13.2 Å². The van der Waals surface area contributed by atoms with Crippen LogP contribution >= 0.6 is 0 Å². The molecule has 0 rings (SSSR count). The van der Waals surface area contributed by atoms with Gasteiger partial charge in [-0.05, 0) is 13.3 Å². The normalized spacial score (nSPS) is 12.0. The molecule has 0 bridgehead atoms. The third kappa shape index (κ3) is 20.2. The van der Waals surface area contributed by atoms with E-state index in [0.29, 0.717) is 6.61 Å². The van der Waals surface area contributed by atoms with Crippen molar-refractivity contribution in [3.05, 3.63) is 0 Å². The zero-order valence-corrected chi connectivity index (χ0v) is 17.9. The molecule has 0 spiro atoms. The van der Waals surface area contributed by atoms with Crippen molar-refractivity contribution in [1.82, 2.24) is 0 Å². The summed E-state index contributed by atoms with van der Waals surface area (Å²) >= 11 is 0. The molecule has 152 valence electrons. The highest BCUT2D eigenvalue weighted by atomic mass is 28.4. The molecule has 0 radical (unpaired) electrons. The number of hydrogen-bond acceptors (Lipinski definition) is 4. The van der Waals surface area contributed by atoms with E-state index in [4.69, 9.17) is 8.85 Å². The lowest BCUT2D eigenvalue weighted by molar-refractivity contribution is 0.0267. The predicted octanol–water partition coefficient (Wildman–Crippen LogP) is 5.72. The number of rotatable bonds is 20. The molecule has 0 amide bonds. The Labute approximate surface area is 157 Å². The molecule has 0 aliphatic rings. The Balaban J connectivity index is 3.10. The molecule has 0 aliphatic heterocycles. The maximum Gasteiger partial charge on any atom is 0.674 e. The van der Waals surface area contributed by atoms with Crippen LogP contribution in [-0.4, -0.2) is 31.9 Å². The third-order valence-electron chi connectivity index (χ3n) is 4.62. The van der Waals surface area contributed by atoms with Crippen LogP contribution in [0, 0.1) is 0 Å². The number of hydrogen-bond donors (Lipinski definition) is 2. The van der Waals surface area contributed by atoms with Gasteiger partial charge in [-0.2, -0.15) is 0 Å². The fraction of sp³-hybridized carbons (Fsp3) is 1.00. The summed E-state index contributed by atoms with van der Waals surface area (Å²) in [4.78, 5) is 18.8. The molecule has 5 heteroatoms. The highest BCUT2D eigenvalue weighted by molar-refractivity contribution is 6.50. The Morgan fingerprint density at radius 1 is 0.520 bits per heavy atom. The van der Waals surface area contributed by atoms with E-state index in [1.54, 1.807) is 6.92 Å². The first-order valence-electron chi connectivity index (χ1n) is 10.8. The first kappa shape index (κ1) is 25.1. The van der Waals surface area contributed by atoms with Crippen molar-refractivity contribution in [1.29, 1.82) is 0 Å². The van der Waals surface area contributed by atoms with Gasteiger partial charge in [0.1, 0.15) is 0 Å². The van der Waals surface area contributed by atoms with E-state index in [0.717, 1.165) is 12.8 Å². The average molecular weight is 377 g/mol. The Morgan fingerprint density at radius 3 is 1.24 bits per heavy atom. The first-order valence-corrected chi connectivity index (χ1v) is 12.6. The van der Waals surface area contributed by atoms with Gasteiger partial charge in [-0.25, -0.2) is 0 Å². The van der Waals surface area contributed by atoms with Crippen LogP contribution in [0.4, 0.5) is 0 Å². The van der Waals surface area contributed by atoms with Crippen molar-refractivity contribution < 1.29 is 18.4 Å². The van der Waals surface area contributed by atoms with E-state index in [1.165, 1.54) is 89.9 Å². The van der Waals surface area contributed by atoms with Gasteiger partial charge in [-0.1, -0.05) is 103 Å². The lowest BCUT2D eigenvalue weighted by Gasteiger charge is -2.15. The summed E-state index contributed by atoms with van der Waals surface area (Å²) in [7, 11) is -3.81. The molecule has 0 saturated carbocycles. The maximum absolute atomic E-state index is 9.39. The van der Waals surface area contributed by atoms with Crippen LogP contribution in [0.15, 0.2) is 0 Å². The molecule has 0 aromatic heterocycles. The molecule has 2 N–H and O–H groups in total. The Kier molecular flexibility index (Phi) is 18.9. The van der Waals surface area contributed by atoms with Gasteiger partial charge in [0.25, 0.3) is 0 Å². The first-order chi connectivity index (χ1) is 12.1. The molecule has 0 unspecified atom stereocenters. The van der Waals surface area contributed by atoms with Gasteiger partial charge in [-0.15, -0.1) is 0 Å². The summed E-state index contributed by atoms with van der Waals surface area (Å²) in [5.41, 5.74) is 0. The smallest absolute Gasteiger partial charge is 0.367 e. The van der Waals surface area contributed by atoms with Crippen LogP contribution in [0.2, 0.25) is 0 Å². The SMILES string of the molecule is CCCCCCCCCCCCCCCCCCO[Si](O)(O)OCC. The minimum Gasteiger partial charge on any atom is -0.367 e. The van der Waals surface area contributed by atoms with Crippen molar-refractivity contribution in [3.8, 4) is 0 Å². The van der Waals surface area contributed by atoms with Crippen molar-refractivity contribution in [2.45, 2.75) is 117 Å². The van der Waals surface area contributed by atoms with Crippen molar-refractivity contribution in [3.63, 3.8) is 0 Å². The molecule has 0 fully saturated rings. The Hall–Kier alpha value is 0.0569. The average Bonchev–Trinajstić information content (AvgIpc) is 2.57. The molecule has 0 aliphatic carbocycles. The van der Waals surface area contributed by atoms with Crippen molar-refractivity contribution >= 4 is 9.05 Å². The molecular weight excluding hydrogens is 332 g/mol. The molecular formula is C20H44O4Si. The summed E-state index contributed by atoms with van der Waals surface area (Å²) < 4.78 is 9.80. The fourth-order valence-corrected chi connectivity index (χ4v) is 3.95. The quantitative estimate of drug-likeness (QED) is 0.211. The molecule has 0 aromatic carbocycles. The van der Waals surface area contributed by atoms with Gasteiger partial charge in [0.2, 0.25) is 0 Å². The van der Waals surface area contributed by atoms with Gasteiger partial charge in [0.15, 0.2) is 0 Å². The minimum absolute atomic E-state index is 0.276. The van der Waals surface area contributed by atoms with Crippen molar-refractivity contribution in [2.75, 3.05) is 13.2 Å². The van der Waals surface area contributed by atoms with E-state index in [2.05, 4.69) is 6.92 Å². The number of unbranched alkanes of at least 4 members (excludes halogenated alkanes) is 15. The summed E-state index contributed by atoms with van der Waals surface area (Å²) in [6, 6.07) is 0. The predicted molar refractivity (Wildman–Crippen MR) is 107 cm³/mol. The minimum atomic E-state index is -3.81. The maximum atomic E-state index is 9.39. The Bertz CT molecular complexity index is 262. The lowest BCUT2D eigenvalue weighted by Crippen LogP contribution is -2.43. The van der Waals surface area contributed by atoms with Gasteiger partial charge >= 0.3 is 9.05 Å². The molecule has 0 aromatic rings. The largest absolute Gasteiger partial charge is 0.674 e. The summed E-state index contributed by atoms with van der Waals surface area (Å²) in [5.74, 6) is 0. The van der Waals surface area contributed by atoms with Gasteiger partial charge in [-0.3, -0.25) is 0 Å². The third-order valence-corrected chi connectivity index (χ3v) is 5.87. The summed E-state index contributed by atoms with van der Waals surface area (Å²) in [6.45, 7) is 4.66. The summed E-state index contributed by atoms with van der Waals surface area (Å²) in [6.07, 6.45) is 21.3. The van der Waals surface area contributed by atoms with E-state index >= 15 is 0 Å². The molecule has 0 saturated heterocycles. The second-order valence-electron chi connectivity index (χ2n) is 7.13. The van der Waals surface area contributed by atoms with Crippen molar-refractivity contribution in [2.24, 2.45) is 0 Å². The van der Waals surface area contributed by atoms with Crippen LogP contribution in [-0.2, 0) is 8.85 Å². The van der Waals surface area contributed by atoms with Gasteiger partial charge < -0.3 is 18.4 Å². The zero-order valence-electron chi connectivity index (χ0n) is 16.9. The lowest BCUT2D eigenvalue weighted by atomic mass is 10.0. The van der Waals surface area contributed by atoms with Crippen LogP contribution in [0.5, 0.6) is 0 Å². The van der Waals surface area contributed by atoms with Crippen LogP contribution in [0.1, 0.15) is 117 Å². The highest BCUT2D eigenvalue weighted by Gasteiger charge is 2.35. The topological polar surface area (TPSA) is 58.9 Å². The van der Waals surface area contributed by atoms with Crippen LogP contribution < -0.4 is 0 Å². The highest BCUT2D eigenvalue weighted by Crippen LogP contribution is 2.13. The second-order valence-corrected chi connectivity index (χ2v) is 8.81. The van der Waals surface area contributed by atoms with Crippen LogP contribution in [0.25, 0.3) is 0 Å². The molecule has 25 heavy (non-hydrogen) atoms. The Morgan fingerprint density at radius 2 is 0.880 bits per heavy atom.